The zero-order valence-corrected chi connectivity index (χ0v) is 14.1. The smallest absolute Gasteiger partial charge is 0.343 e. The molecule has 0 unspecified atom stereocenters. The minimum absolute atomic E-state index is 0.00251. The molecule has 5 nitrogen and oxygen atoms in total. The van der Waals surface area contributed by atoms with E-state index >= 15 is 0 Å². The van der Waals surface area contributed by atoms with Crippen molar-refractivity contribution in [1.29, 1.82) is 0 Å². The summed E-state index contributed by atoms with van der Waals surface area (Å²) < 4.78 is 37.0. The SMILES string of the molecule is CC(=O)N1CCC(C(=O)N2CCCN(CCC(F)(F)F)CC2)CC1. The van der Waals surface area contributed by atoms with Crippen LogP contribution in [0, 0.1) is 5.92 Å². The molecule has 0 N–H and O–H groups in total. The molecule has 0 bridgehead atoms. The first-order chi connectivity index (χ1) is 11.3. The van der Waals surface area contributed by atoms with Crippen molar-refractivity contribution in [2.24, 2.45) is 5.92 Å². The predicted octanol–water partition coefficient (Wildman–Crippen LogP) is 1.73. The fourth-order valence-corrected chi connectivity index (χ4v) is 3.40. The molecular weight excluding hydrogens is 323 g/mol. The Labute approximate surface area is 140 Å². The molecule has 2 aliphatic heterocycles. The number of rotatable bonds is 3. The fraction of sp³-hybridized carbons (Fsp3) is 0.875. The molecule has 138 valence electrons. The number of likely N-dealkylation sites (tertiary alicyclic amines) is 1. The quantitative estimate of drug-likeness (QED) is 0.779. The Hall–Kier alpha value is -1.31. The summed E-state index contributed by atoms with van der Waals surface area (Å²) in [4.78, 5) is 29.3. The Morgan fingerprint density at radius 3 is 2.21 bits per heavy atom. The minimum Gasteiger partial charge on any atom is -0.343 e. The van der Waals surface area contributed by atoms with E-state index < -0.39 is 12.6 Å². The number of halogens is 3. The molecule has 0 atom stereocenters. The standard InChI is InChI=1S/C16H26F3N3O2/c1-13(23)21-8-3-14(4-9-21)15(24)22-7-2-6-20(11-12-22)10-5-16(17,18)19/h14H,2-12H2,1H3. The van der Waals surface area contributed by atoms with Crippen LogP contribution in [-0.4, -0.2) is 78.5 Å². The van der Waals surface area contributed by atoms with E-state index in [2.05, 4.69) is 0 Å². The number of hydrogen-bond donors (Lipinski definition) is 0. The summed E-state index contributed by atoms with van der Waals surface area (Å²) in [6.07, 6.45) is -2.88. The van der Waals surface area contributed by atoms with Gasteiger partial charge in [0.15, 0.2) is 0 Å². The molecule has 2 aliphatic rings. The van der Waals surface area contributed by atoms with Gasteiger partial charge in [0.2, 0.25) is 11.8 Å². The predicted molar refractivity (Wildman–Crippen MR) is 83.3 cm³/mol. The molecule has 2 amide bonds. The number of carbonyl (C=O) groups excluding carboxylic acids is 2. The minimum atomic E-state index is -4.13. The molecule has 8 heteroatoms. The third kappa shape index (κ3) is 5.65. The van der Waals surface area contributed by atoms with Crippen LogP contribution in [-0.2, 0) is 9.59 Å². The highest BCUT2D eigenvalue weighted by Gasteiger charge is 2.31. The van der Waals surface area contributed by atoms with Crippen LogP contribution >= 0.6 is 0 Å². The van der Waals surface area contributed by atoms with Crippen molar-refractivity contribution in [2.75, 3.05) is 45.8 Å². The number of alkyl halides is 3. The first-order valence-corrected chi connectivity index (χ1v) is 8.59. The van der Waals surface area contributed by atoms with Gasteiger partial charge in [-0.05, 0) is 25.8 Å². The van der Waals surface area contributed by atoms with Gasteiger partial charge in [-0.1, -0.05) is 0 Å². The van der Waals surface area contributed by atoms with Gasteiger partial charge in [0.1, 0.15) is 0 Å². The maximum absolute atomic E-state index is 12.6. The maximum atomic E-state index is 12.6. The Bertz CT molecular complexity index is 448. The van der Waals surface area contributed by atoms with Crippen LogP contribution in [0.4, 0.5) is 13.2 Å². The first-order valence-electron chi connectivity index (χ1n) is 8.59. The van der Waals surface area contributed by atoms with E-state index in [0.29, 0.717) is 58.5 Å². The second-order valence-corrected chi connectivity index (χ2v) is 6.67. The van der Waals surface area contributed by atoms with Crippen molar-refractivity contribution in [3.05, 3.63) is 0 Å². The lowest BCUT2D eigenvalue weighted by Gasteiger charge is -2.33. The van der Waals surface area contributed by atoms with Gasteiger partial charge in [-0.15, -0.1) is 0 Å². The molecule has 0 spiro atoms. The lowest BCUT2D eigenvalue weighted by molar-refractivity contribution is -0.140. The van der Waals surface area contributed by atoms with E-state index in [1.54, 1.807) is 14.7 Å². The average molecular weight is 349 g/mol. The highest BCUT2D eigenvalue weighted by molar-refractivity contribution is 5.79. The zero-order chi connectivity index (χ0) is 17.7. The Morgan fingerprint density at radius 1 is 0.958 bits per heavy atom. The summed E-state index contributed by atoms with van der Waals surface area (Å²) in [5, 5.41) is 0. The van der Waals surface area contributed by atoms with Crippen molar-refractivity contribution >= 4 is 11.8 Å². The van der Waals surface area contributed by atoms with Crippen molar-refractivity contribution in [2.45, 2.75) is 38.8 Å². The van der Waals surface area contributed by atoms with Crippen molar-refractivity contribution in [1.82, 2.24) is 14.7 Å². The normalized spacial score (nSPS) is 21.7. The van der Waals surface area contributed by atoms with Crippen molar-refractivity contribution in [3.63, 3.8) is 0 Å². The van der Waals surface area contributed by atoms with Gasteiger partial charge in [0, 0.05) is 52.1 Å². The van der Waals surface area contributed by atoms with Crippen LogP contribution in [0.2, 0.25) is 0 Å². The van der Waals surface area contributed by atoms with E-state index in [-0.39, 0.29) is 24.3 Å². The Kier molecular flexibility index (Phi) is 6.48. The summed E-state index contributed by atoms with van der Waals surface area (Å²) in [7, 11) is 0. The van der Waals surface area contributed by atoms with E-state index in [4.69, 9.17) is 0 Å². The summed E-state index contributed by atoms with van der Waals surface area (Å²) in [5.74, 6) is 0.0641. The Balaban J connectivity index is 1.79. The van der Waals surface area contributed by atoms with Gasteiger partial charge in [-0.25, -0.2) is 0 Å². The molecule has 2 rings (SSSR count). The molecule has 0 radical (unpaired) electrons. The number of nitrogens with zero attached hydrogens (tertiary/aromatic N) is 3. The monoisotopic (exact) mass is 349 g/mol. The third-order valence-electron chi connectivity index (χ3n) is 4.90. The van der Waals surface area contributed by atoms with Gasteiger partial charge >= 0.3 is 6.18 Å². The van der Waals surface area contributed by atoms with Crippen LogP contribution in [0.3, 0.4) is 0 Å². The summed E-state index contributed by atoms with van der Waals surface area (Å²) >= 11 is 0. The molecule has 0 aliphatic carbocycles. The van der Waals surface area contributed by atoms with Crippen LogP contribution in [0.5, 0.6) is 0 Å². The number of hydrogen-bond acceptors (Lipinski definition) is 3. The highest BCUT2D eigenvalue weighted by atomic mass is 19.4. The molecule has 0 saturated carbocycles. The van der Waals surface area contributed by atoms with E-state index in [0.717, 1.165) is 0 Å². The highest BCUT2D eigenvalue weighted by Crippen LogP contribution is 2.22. The first kappa shape index (κ1) is 19.0. The van der Waals surface area contributed by atoms with E-state index in [1.165, 1.54) is 6.92 Å². The largest absolute Gasteiger partial charge is 0.390 e. The molecule has 2 fully saturated rings. The second-order valence-electron chi connectivity index (χ2n) is 6.67. The maximum Gasteiger partial charge on any atom is 0.390 e. The lowest BCUT2D eigenvalue weighted by Crippen LogP contribution is -2.44. The van der Waals surface area contributed by atoms with Crippen molar-refractivity contribution in [3.8, 4) is 0 Å². The third-order valence-corrected chi connectivity index (χ3v) is 4.90. The summed E-state index contributed by atoms with van der Waals surface area (Å²) in [5.41, 5.74) is 0. The van der Waals surface area contributed by atoms with E-state index in [9.17, 15) is 22.8 Å². The molecule has 2 heterocycles. The molecule has 0 aromatic heterocycles. The number of amides is 2. The summed E-state index contributed by atoms with van der Waals surface area (Å²) in [6.45, 7) is 4.94. The zero-order valence-electron chi connectivity index (χ0n) is 14.1. The number of piperidine rings is 1. The molecular formula is C16H26F3N3O2. The number of carbonyl (C=O) groups is 2. The topological polar surface area (TPSA) is 43.9 Å². The van der Waals surface area contributed by atoms with Crippen LogP contribution < -0.4 is 0 Å². The van der Waals surface area contributed by atoms with Gasteiger partial charge in [0.25, 0.3) is 0 Å². The second kappa shape index (κ2) is 8.18. The average Bonchev–Trinajstić information content (AvgIpc) is 2.77. The van der Waals surface area contributed by atoms with E-state index in [1.807, 2.05) is 0 Å². The van der Waals surface area contributed by atoms with Crippen LogP contribution in [0.15, 0.2) is 0 Å². The van der Waals surface area contributed by atoms with Crippen molar-refractivity contribution < 1.29 is 22.8 Å². The van der Waals surface area contributed by atoms with Gasteiger partial charge < -0.3 is 14.7 Å². The molecule has 2 saturated heterocycles. The van der Waals surface area contributed by atoms with Crippen LogP contribution in [0.25, 0.3) is 0 Å². The molecule has 0 aromatic rings. The van der Waals surface area contributed by atoms with Gasteiger partial charge in [0.05, 0.1) is 6.42 Å². The lowest BCUT2D eigenvalue weighted by atomic mass is 9.95. The Morgan fingerprint density at radius 2 is 1.62 bits per heavy atom. The van der Waals surface area contributed by atoms with Crippen LogP contribution in [0.1, 0.15) is 32.6 Å². The molecule has 24 heavy (non-hydrogen) atoms. The summed E-state index contributed by atoms with van der Waals surface area (Å²) in [6, 6.07) is 0. The van der Waals surface area contributed by atoms with Gasteiger partial charge in [-0.2, -0.15) is 13.2 Å². The molecule has 0 aromatic carbocycles. The fourth-order valence-electron chi connectivity index (χ4n) is 3.40. The van der Waals surface area contributed by atoms with Gasteiger partial charge in [-0.3, -0.25) is 9.59 Å².